The summed E-state index contributed by atoms with van der Waals surface area (Å²) in [5.74, 6) is 0.360. The fraction of sp³-hybridized carbons (Fsp3) is 0.588. The molecule has 2 heterocycles. The van der Waals surface area contributed by atoms with Crippen LogP contribution in [0.25, 0.3) is 0 Å². The molecule has 25 heavy (non-hydrogen) atoms. The van der Waals surface area contributed by atoms with E-state index in [1.807, 2.05) is 0 Å². The SMILES string of the molecule is Cn1cc(Br)c(OC2CCC(N3C(=O)NC(C)(C)C3=O)CC2)cc1=O. The zero-order chi connectivity index (χ0) is 18.4. The number of hydrogen-bond donors (Lipinski definition) is 1. The molecule has 0 aromatic carbocycles. The predicted molar refractivity (Wildman–Crippen MR) is 95.5 cm³/mol. The summed E-state index contributed by atoms with van der Waals surface area (Å²) in [6.45, 7) is 3.44. The molecule has 0 spiro atoms. The number of pyridine rings is 1. The smallest absolute Gasteiger partial charge is 0.325 e. The van der Waals surface area contributed by atoms with Gasteiger partial charge in [0.2, 0.25) is 0 Å². The summed E-state index contributed by atoms with van der Waals surface area (Å²) in [7, 11) is 1.68. The third-order valence-electron chi connectivity index (χ3n) is 4.84. The molecule has 3 amide bonds. The molecule has 1 aromatic rings. The van der Waals surface area contributed by atoms with E-state index >= 15 is 0 Å². The first-order chi connectivity index (χ1) is 11.7. The molecule has 1 aliphatic carbocycles. The lowest BCUT2D eigenvalue weighted by Gasteiger charge is -2.33. The highest BCUT2D eigenvalue weighted by Gasteiger charge is 2.47. The normalized spacial score (nSPS) is 25.8. The number of carbonyl (C=O) groups excluding carboxylic acids is 2. The van der Waals surface area contributed by atoms with E-state index in [1.54, 1.807) is 27.1 Å². The van der Waals surface area contributed by atoms with Crippen LogP contribution in [0.5, 0.6) is 5.75 Å². The number of aryl methyl sites for hydroxylation is 1. The summed E-state index contributed by atoms with van der Waals surface area (Å²) in [6, 6.07) is 1.06. The van der Waals surface area contributed by atoms with Crippen molar-refractivity contribution in [2.24, 2.45) is 7.05 Å². The molecule has 1 aliphatic heterocycles. The van der Waals surface area contributed by atoms with E-state index in [0.717, 1.165) is 17.3 Å². The number of rotatable bonds is 3. The molecule has 1 saturated carbocycles. The van der Waals surface area contributed by atoms with E-state index in [0.29, 0.717) is 18.6 Å². The van der Waals surface area contributed by atoms with Gasteiger partial charge in [-0.25, -0.2) is 4.79 Å². The Hall–Kier alpha value is -1.83. The van der Waals surface area contributed by atoms with Gasteiger partial charge < -0.3 is 14.6 Å². The first kappa shape index (κ1) is 18.0. The van der Waals surface area contributed by atoms with Gasteiger partial charge in [0.05, 0.1) is 10.6 Å². The minimum absolute atomic E-state index is 0.0339. The van der Waals surface area contributed by atoms with Crippen LogP contribution in [-0.4, -0.2) is 39.1 Å². The summed E-state index contributed by atoms with van der Waals surface area (Å²) >= 11 is 3.41. The number of hydrogen-bond acceptors (Lipinski definition) is 4. The Kier molecular flexibility index (Phi) is 4.66. The molecular weight excluding hydrogens is 390 g/mol. The maximum Gasteiger partial charge on any atom is 0.325 e. The molecule has 1 saturated heterocycles. The number of amides is 3. The van der Waals surface area contributed by atoms with Crippen molar-refractivity contribution in [2.75, 3.05) is 0 Å². The van der Waals surface area contributed by atoms with Crippen LogP contribution < -0.4 is 15.6 Å². The van der Waals surface area contributed by atoms with Crippen LogP contribution in [0.4, 0.5) is 4.79 Å². The van der Waals surface area contributed by atoms with Crippen LogP contribution in [0.15, 0.2) is 21.5 Å². The molecule has 1 aromatic heterocycles. The van der Waals surface area contributed by atoms with Gasteiger partial charge in [-0.1, -0.05) is 0 Å². The van der Waals surface area contributed by atoms with E-state index in [4.69, 9.17) is 4.74 Å². The van der Waals surface area contributed by atoms with E-state index in [9.17, 15) is 14.4 Å². The van der Waals surface area contributed by atoms with Gasteiger partial charge in [0, 0.05) is 25.4 Å². The molecular formula is C17H22BrN3O4. The number of aromatic nitrogens is 1. The highest BCUT2D eigenvalue weighted by molar-refractivity contribution is 9.10. The fourth-order valence-corrected chi connectivity index (χ4v) is 3.89. The minimum atomic E-state index is -0.834. The molecule has 8 heteroatoms. The number of urea groups is 1. The van der Waals surface area contributed by atoms with Gasteiger partial charge in [0.1, 0.15) is 11.3 Å². The van der Waals surface area contributed by atoms with Crippen LogP contribution in [0.3, 0.4) is 0 Å². The summed E-state index contributed by atoms with van der Waals surface area (Å²) in [4.78, 5) is 37.6. The summed E-state index contributed by atoms with van der Waals surface area (Å²) in [6.07, 6.45) is 4.49. The van der Waals surface area contributed by atoms with Crippen molar-refractivity contribution in [1.29, 1.82) is 0 Å². The summed E-state index contributed by atoms with van der Waals surface area (Å²) in [5, 5.41) is 2.72. The number of halogens is 1. The van der Waals surface area contributed by atoms with Gasteiger partial charge in [0.15, 0.2) is 0 Å². The average molecular weight is 412 g/mol. The molecule has 0 atom stereocenters. The topological polar surface area (TPSA) is 80.6 Å². The molecule has 7 nitrogen and oxygen atoms in total. The van der Waals surface area contributed by atoms with Crippen molar-refractivity contribution in [3.05, 3.63) is 27.1 Å². The Labute approximate surface area is 154 Å². The largest absolute Gasteiger partial charge is 0.489 e. The van der Waals surface area contributed by atoms with E-state index in [1.165, 1.54) is 15.5 Å². The minimum Gasteiger partial charge on any atom is -0.489 e. The lowest BCUT2D eigenvalue weighted by molar-refractivity contribution is -0.132. The lowest BCUT2D eigenvalue weighted by atomic mass is 9.91. The van der Waals surface area contributed by atoms with E-state index in [-0.39, 0.29) is 29.6 Å². The first-order valence-electron chi connectivity index (χ1n) is 8.37. The Morgan fingerprint density at radius 2 is 1.84 bits per heavy atom. The molecule has 1 N–H and O–H groups in total. The average Bonchev–Trinajstić information content (AvgIpc) is 2.74. The molecule has 0 bridgehead atoms. The number of ether oxygens (including phenoxy) is 1. The maximum absolute atomic E-state index is 12.4. The highest BCUT2D eigenvalue weighted by Crippen LogP contribution is 2.32. The van der Waals surface area contributed by atoms with Gasteiger partial charge in [-0.15, -0.1) is 0 Å². The van der Waals surface area contributed by atoms with Gasteiger partial charge in [-0.05, 0) is 55.5 Å². The Morgan fingerprint density at radius 3 is 2.40 bits per heavy atom. The summed E-state index contributed by atoms with van der Waals surface area (Å²) in [5.41, 5.74) is -0.965. The summed E-state index contributed by atoms with van der Waals surface area (Å²) < 4.78 is 8.17. The lowest BCUT2D eigenvalue weighted by Crippen LogP contribution is -2.45. The molecule has 3 rings (SSSR count). The zero-order valence-corrected chi connectivity index (χ0v) is 16.1. The van der Waals surface area contributed by atoms with Crippen molar-refractivity contribution in [1.82, 2.24) is 14.8 Å². The van der Waals surface area contributed by atoms with Crippen molar-refractivity contribution in [3.63, 3.8) is 0 Å². The number of nitrogens with one attached hydrogen (secondary N) is 1. The van der Waals surface area contributed by atoms with Crippen LogP contribution in [-0.2, 0) is 11.8 Å². The van der Waals surface area contributed by atoms with Gasteiger partial charge in [-0.3, -0.25) is 14.5 Å². The first-order valence-corrected chi connectivity index (χ1v) is 9.17. The Bertz CT molecular complexity index is 766. The molecule has 0 unspecified atom stereocenters. The predicted octanol–water partition coefficient (Wildman–Crippen LogP) is 2.17. The van der Waals surface area contributed by atoms with E-state index < -0.39 is 5.54 Å². The maximum atomic E-state index is 12.4. The second-order valence-electron chi connectivity index (χ2n) is 7.21. The van der Waals surface area contributed by atoms with Crippen molar-refractivity contribution >= 4 is 27.9 Å². The molecule has 2 aliphatic rings. The third kappa shape index (κ3) is 3.44. The van der Waals surface area contributed by atoms with Crippen LogP contribution in [0.1, 0.15) is 39.5 Å². The second-order valence-corrected chi connectivity index (χ2v) is 8.07. The van der Waals surface area contributed by atoms with Crippen LogP contribution >= 0.6 is 15.9 Å². The quantitative estimate of drug-likeness (QED) is 0.772. The zero-order valence-electron chi connectivity index (χ0n) is 14.5. The highest BCUT2D eigenvalue weighted by atomic mass is 79.9. The van der Waals surface area contributed by atoms with Gasteiger partial charge >= 0.3 is 6.03 Å². The standard InChI is InChI=1S/C17H22BrN3O4/c1-17(2)15(23)21(16(24)19-17)10-4-6-11(7-5-10)25-13-8-14(22)20(3)9-12(13)18/h8-11H,4-7H2,1-3H3,(H,19,24). The van der Waals surface area contributed by atoms with Gasteiger partial charge in [-0.2, -0.15) is 0 Å². The van der Waals surface area contributed by atoms with Crippen molar-refractivity contribution in [2.45, 2.75) is 57.2 Å². The molecule has 136 valence electrons. The molecule has 0 radical (unpaired) electrons. The van der Waals surface area contributed by atoms with Crippen molar-refractivity contribution < 1.29 is 14.3 Å². The van der Waals surface area contributed by atoms with Gasteiger partial charge in [0.25, 0.3) is 11.5 Å². The monoisotopic (exact) mass is 411 g/mol. The van der Waals surface area contributed by atoms with Crippen LogP contribution in [0, 0.1) is 0 Å². The van der Waals surface area contributed by atoms with Crippen LogP contribution in [0.2, 0.25) is 0 Å². The third-order valence-corrected chi connectivity index (χ3v) is 5.43. The van der Waals surface area contributed by atoms with Crippen molar-refractivity contribution in [3.8, 4) is 5.75 Å². The van der Waals surface area contributed by atoms with E-state index in [2.05, 4.69) is 21.2 Å². The second kappa shape index (κ2) is 6.48. The number of imide groups is 1. The molecule has 2 fully saturated rings. The number of carbonyl (C=O) groups is 2. The number of nitrogens with zero attached hydrogens (tertiary/aromatic N) is 2. The Balaban J connectivity index is 1.63. The Morgan fingerprint density at radius 1 is 1.20 bits per heavy atom. The fourth-order valence-electron chi connectivity index (χ4n) is 3.38.